The highest BCUT2D eigenvalue weighted by Gasteiger charge is 2.27. The van der Waals surface area contributed by atoms with Gasteiger partial charge >= 0.3 is 0 Å². The molecule has 24 heavy (non-hydrogen) atoms. The van der Waals surface area contributed by atoms with Gasteiger partial charge in [-0.15, -0.1) is 0 Å². The van der Waals surface area contributed by atoms with Crippen molar-refractivity contribution in [2.24, 2.45) is 0 Å². The lowest BCUT2D eigenvalue weighted by Gasteiger charge is -2.20. The van der Waals surface area contributed by atoms with Gasteiger partial charge in [0.2, 0.25) is 11.8 Å². The fourth-order valence-electron chi connectivity index (χ4n) is 3.05. The van der Waals surface area contributed by atoms with Gasteiger partial charge in [0.15, 0.2) is 0 Å². The number of para-hydroxylation sites is 1. The van der Waals surface area contributed by atoms with Gasteiger partial charge < -0.3 is 15.0 Å². The minimum Gasteiger partial charge on any atom is -0.497 e. The fraction of sp³-hybridized carbons (Fsp3) is 0.263. The summed E-state index contributed by atoms with van der Waals surface area (Å²) in [6, 6.07) is 13.2. The minimum absolute atomic E-state index is 0.0137. The van der Waals surface area contributed by atoms with Crippen LogP contribution in [0.25, 0.3) is 0 Å². The highest BCUT2D eigenvalue weighted by Crippen LogP contribution is 2.36. The lowest BCUT2D eigenvalue weighted by Crippen LogP contribution is -2.31. The molecule has 0 saturated carbocycles. The summed E-state index contributed by atoms with van der Waals surface area (Å²) in [5.74, 6) is 0.608. The quantitative estimate of drug-likeness (QED) is 0.941. The number of hydrogen-bond donors (Lipinski definition) is 1. The summed E-state index contributed by atoms with van der Waals surface area (Å²) in [7, 11) is 1.61. The van der Waals surface area contributed by atoms with Crippen LogP contribution in [0.4, 0.5) is 11.4 Å². The number of benzene rings is 2. The Morgan fingerprint density at radius 2 is 2.00 bits per heavy atom. The van der Waals surface area contributed by atoms with E-state index in [9.17, 15) is 9.59 Å². The second-order valence-corrected chi connectivity index (χ2v) is 5.82. The van der Waals surface area contributed by atoms with E-state index in [-0.39, 0.29) is 11.8 Å². The molecule has 0 bridgehead atoms. The van der Waals surface area contributed by atoms with Crippen LogP contribution < -0.4 is 15.0 Å². The number of hydrogen-bond acceptors (Lipinski definition) is 3. The highest BCUT2D eigenvalue weighted by molar-refractivity contribution is 6.03. The normalized spacial score (nSPS) is 12.7. The lowest BCUT2D eigenvalue weighted by atomic mass is 10.1. The van der Waals surface area contributed by atoms with Crippen molar-refractivity contribution in [2.45, 2.75) is 19.8 Å². The zero-order chi connectivity index (χ0) is 17.1. The van der Waals surface area contributed by atoms with Crippen LogP contribution in [0.3, 0.4) is 0 Å². The third-order valence-electron chi connectivity index (χ3n) is 4.10. The maximum Gasteiger partial charge on any atom is 0.231 e. The predicted molar refractivity (Wildman–Crippen MR) is 93.5 cm³/mol. The van der Waals surface area contributed by atoms with Crippen molar-refractivity contribution in [3.8, 4) is 5.75 Å². The number of nitrogens with zero attached hydrogens (tertiary/aromatic N) is 1. The number of fused-ring (bicyclic) bond motifs is 1. The molecule has 1 N–H and O–H groups in total. The summed E-state index contributed by atoms with van der Waals surface area (Å²) in [4.78, 5) is 26.0. The monoisotopic (exact) mass is 324 g/mol. The van der Waals surface area contributed by atoms with Gasteiger partial charge in [-0.25, -0.2) is 0 Å². The molecule has 1 heterocycles. The molecule has 0 saturated heterocycles. The first-order valence-corrected chi connectivity index (χ1v) is 7.91. The third-order valence-corrected chi connectivity index (χ3v) is 4.10. The van der Waals surface area contributed by atoms with Crippen molar-refractivity contribution in [2.75, 3.05) is 23.9 Å². The number of methoxy groups -OCH3 is 1. The first kappa shape index (κ1) is 16.1. The van der Waals surface area contributed by atoms with Gasteiger partial charge in [-0.2, -0.15) is 0 Å². The number of anilines is 2. The van der Waals surface area contributed by atoms with E-state index < -0.39 is 0 Å². The molecular weight excluding hydrogens is 304 g/mol. The summed E-state index contributed by atoms with van der Waals surface area (Å²) >= 11 is 0. The van der Waals surface area contributed by atoms with Crippen molar-refractivity contribution in [1.29, 1.82) is 0 Å². The molecule has 0 aliphatic carbocycles. The summed E-state index contributed by atoms with van der Waals surface area (Å²) < 4.78 is 5.21. The lowest BCUT2D eigenvalue weighted by molar-refractivity contribution is -0.118. The van der Waals surface area contributed by atoms with Crippen LogP contribution in [0, 0.1) is 0 Å². The summed E-state index contributed by atoms with van der Waals surface area (Å²) in [6.07, 6.45) is 1.09. The average molecular weight is 324 g/mol. The highest BCUT2D eigenvalue weighted by atomic mass is 16.5. The van der Waals surface area contributed by atoms with Gasteiger partial charge in [-0.1, -0.05) is 24.3 Å². The number of nitrogens with one attached hydrogen (secondary N) is 1. The molecule has 0 fully saturated rings. The van der Waals surface area contributed by atoms with Crippen LogP contribution >= 0.6 is 0 Å². The molecule has 0 radical (unpaired) electrons. The Morgan fingerprint density at radius 1 is 1.21 bits per heavy atom. The third kappa shape index (κ3) is 3.25. The standard InChI is InChI=1S/C19H20N2O3/c1-13(22)20-17-8-4-6-15-9-10-21(19(15)17)18(23)12-14-5-3-7-16(11-14)24-2/h3-8,11H,9-10,12H2,1-2H3,(H,20,22). The van der Waals surface area contributed by atoms with Crippen LogP contribution in [0.5, 0.6) is 5.75 Å². The van der Waals surface area contributed by atoms with E-state index in [0.29, 0.717) is 18.7 Å². The van der Waals surface area contributed by atoms with Crippen molar-refractivity contribution >= 4 is 23.2 Å². The van der Waals surface area contributed by atoms with E-state index >= 15 is 0 Å². The molecule has 2 aromatic rings. The van der Waals surface area contributed by atoms with Gasteiger partial charge in [0, 0.05) is 13.5 Å². The molecule has 1 aliphatic rings. The fourth-order valence-corrected chi connectivity index (χ4v) is 3.05. The van der Waals surface area contributed by atoms with Gasteiger partial charge in [0.1, 0.15) is 5.75 Å². The Hall–Kier alpha value is -2.82. The Morgan fingerprint density at radius 3 is 2.75 bits per heavy atom. The van der Waals surface area contributed by atoms with Crippen LogP contribution in [0.1, 0.15) is 18.1 Å². The molecule has 124 valence electrons. The van der Waals surface area contributed by atoms with Gasteiger partial charge in [-0.05, 0) is 35.7 Å². The van der Waals surface area contributed by atoms with E-state index in [2.05, 4.69) is 5.32 Å². The van der Waals surface area contributed by atoms with Crippen molar-refractivity contribution in [3.05, 3.63) is 53.6 Å². The van der Waals surface area contributed by atoms with E-state index in [4.69, 9.17) is 4.74 Å². The van der Waals surface area contributed by atoms with E-state index in [1.54, 1.807) is 12.0 Å². The second-order valence-electron chi connectivity index (χ2n) is 5.82. The van der Waals surface area contributed by atoms with Crippen LogP contribution in [-0.4, -0.2) is 25.5 Å². The number of carbonyl (C=O) groups excluding carboxylic acids is 2. The molecule has 0 spiro atoms. The zero-order valence-electron chi connectivity index (χ0n) is 13.8. The maximum atomic E-state index is 12.8. The Balaban J connectivity index is 1.84. The van der Waals surface area contributed by atoms with Gasteiger partial charge in [0.05, 0.1) is 24.9 Å². The number of carbonyl (C=O) groups is 2. The molecule has 5 heteroatoms. The molecule has 2 amide bonds. The largest absolute Gasteiger partial charge is 0.497 e. The van der Waals surface area contributed by atoms with E-state index in [1.807, 2.05) is 42.5 Å². The minimum atomic E-state index is -0.143. The van der Waals surface area contributed by atoms with Crippen LogP contribution in [0.15, 0.2) is 42.5 Å². The molecule has 5 nitrogen and oxygen atoms in total. The van der Waals surface area contributed by atoms with Gasteiger partial charge in [0.25, 0.3) is 0 Å². The van der Waals surface area contributed by atoms with Crippen LogP contribution in [0.2, 0.25) is 0 Å². The summed E-state index contributed by atoms with van der Waals surface area (Å²) in [5, 5.41) is 2.82. The molecule has 0 unspecified atom stereocenters. The molecule has 0 atom stereocenters. The predicted octanol–water partition coefficient (Wildman–Crippen LogP) is 2.79. The number of ether oxygens (including phenoxy) is 1. The zero-order valence-corrected chi connectivity index (χ0v) is 13.8. The second kappa shape index (κ2) is 6.74. The molecule has 0 aromatic heterocycles. The van der Waals surface area contributed by atoms with Crippen LogP contribution in [-0.2, 0) is 22.4 Å². The molecular formula is C19H20N2O3. The maximum absolute atomic E-state index is 12.8. The molecule has 2 aromatic carbocycles. The first-order valence-electron chi connectivity index (χ1n) is 7.91. The first-order chi connectivity index (χ1) is 11.6. The average Bonchev–Trinajstić information content (AvgIpc) is 3.00. The molecule has 1 aliphatic heterocycles. The van der Waals surface area contributed by atoms with E-state index in [1.165, 1.54) is 6.92 Å². The summed E-state index contributed by atoms with van der Waals surface area (Å²) in [6.45, 7) is 2.10. The van der Waals surface area contributed by atoms with Gasteiger partial charge in [-0.3, -0.25) is 9.59 Å². The Bertz CT molecular complexity index is 786. The smallest absolute Gasteiger partial charge is 0.231 e. The summed E-state index contributed by atoms with van der Waals surface area (Å²) in [5.41, 5.74) is 3.50. The van der Waals surface area contributed by atoms with Crippen molar-refractivity contribution < 1.29 is 14.3 Å². The van der Waals surface area contributed by atoms with E-state index in [0.717, 1.165) is 29.0 Å². The SMILES string of the molecule is COc1cccc(CC(=O)N2CCc3cccc(NC(C)=O)c32)c1. The Kier molecular flexibility index (Phi) is 4.51. The van der Waals surface area contributed by atoms with Crippen molar-refractivity contribution in [1.82, 2.24) is 0 Å². The topological polar surface area (TPSA) is 58.6 Å². The van der Waals surface area contributed by atoms with Crippen molar-refractivity contribution in [3.63, 3.8) is 0 Å². The Labute approximate surface area is 141 Å². The number of rotatable bonds is 4. The molecule has 3 rings (SSSR count). The number of amides is 2.